The van der Waals surface area contributed by atoms with Crippen molar-refractivity contribution in [2.24, 2.45) is 5.92 Å². The van der Waals surface area contributed by atoms with Crippen LogP contribution >= 0.6 is 11.6 Å². The van der Waals surface area contributed by atoms with Gasteiger partial charge in [-0.3, -0.25) is 0 Å². The Hall–Kier alpha value is -1.35. The third kappa shape index (κ3) is 1.84. The smallest absolute Gasteiger partial charge is 0.165 e. The van der Waals surface area contributed by atoms with Gasteiger partial charge in [0.25, 0.3) is 0 Å². The van der Waals surface area contributed by atoms with Crippen molar-refractivity contribution in [3.63, 3.8) is 0 Å². The van der Waals surface area contributed by atoms with Gasteiger partial charge in [0.2, 0.25) is 0 Å². The molecule has 2 heterocycles. The van der Waals surface area contributed by atoms with Gasteiger partial charge in [0, 0.05) is 18.5 Å². The molecule has 0 saturated carbocycles. The molecule has 0 spiro atoms. The summed E-state index contributed by atoms with van der Waals surface area (Å²) in [7, 11) is 0. The van der Waals surface area contributed by atoms with Crippen LogP contribution in [0.2, 0.25) is 5.02 Å². The van der Waals surface area contributed by atoms with Crippen molar-refractivity contribution in [2.45, 2.75) is 26.3 Å². The molecule has 0 amide bonds. The van der Waals surface area contributed by atoms with Crippen molar-refractivity contribution >= 4 is 11.6 Å². The molecular formula is C13H14ClN3. The summed E-state index contributed by atoms with van der Waals surface area (Å²) in [6.45, 7) is 3.25. The van der Waals surface area contributed by atoms with Crippen molar-refractivity contribution < 1.29 is 0 Å². The van der Waals surface area contributed by atoms with E-state index in [1.807, 2.05) is 24.3 Å². The second-order valence-corrected chi connectivity index (χ2v) is 5.08. The van der Waals surface area contributed by atoms with E-state index in [4.69, 9.17) is 11.6 Å². The molecule has 0 radical (unpaired) electrons. The summed E-state index contributed by atoms with van der Waals surface area (Å²) in [4.78, 5) is 0. The highest BCUT2D eigenvalue weighted by Gasteiger charge is 2.21. The molecule has 0 fully saturated rings. The van der Waals surface area contributed by atoms with Gasteiger partial charge in [0.05, 0.1) is 5.02 Å². The van der Waals surface area contributed by atoms with E-state index < -0.39 is 0 Å². The molecule has 1 atom stereocenters. The fraction of sp³-hybridized carbons (Fsp3) is 0.385. The Bertz CT molecular complexity index is 547. The molecule has 0 aliphatic carbocycles. The Morgan fingerprint density at radius 2 is 2.12 bits per heavy atom. The summed E-state index contributed by atoms with van der Waals surface area (Å²) in [5.41, 5.74) is 0.974. The van der Waals surface area contributed by atoms with E-state index >= 15 is 0 Å². The largest absolute Gasteiger partial charge is 0.311 e. The number of benzene rings is 1. The summed E-state index contributed by atoms with van der Waals surface area (Å²) in [5.74, 6) is 2.66. The highest BCUT2D eigenvalue weighted by Crippen LogP contribution is 2.29. The zero-order chi connectivity index (χ0) is 11.8. The van der Waals surface area contributed by atoms with Gasteiger partial charge >= 0.3 is 0 Å². The van der Waals surface area contributed by atoms with E-state index in [1.54, 1.807) is 0 Å². The van der Waals surface area contributed by atoms with Gasteiger partial charge in [-0.2, -0.15) is 0 Å². The SMILES string of the molecule is CC1CCc2nnc(-c3ccccc3Cl)n2C1. The Morgan fingerprint density at radius 3 is 2.94 bits per heavy atom. The summed E-state index contributed by atoms with van der Waals surface area (Å²) >= 11 is 6.21. The lowest BCUT2D eigenvalue weighted by molar-refractivity contribution is 0.396. The van der Waals surface area contributed by atoms with Crippen LogP contribution in [0.25, 0.3) is 11.4 Å². The van der Waals surface area contributed by atoms with Gasteiger partial charge in [-0.1, -0.05) is 30.7 Å². The third-order valence-corrected chi connectivity index (χ3v) is 3.63. The lowest BCUT2D eigenvalue weighted by Gasteiger charge is -2.21. The lowest BCUT2D eigenvalue weighted by Crippen LogP contribution is -2.18. The molecule has 1 aromatic heterocycles. The highest BCUT2D eigenvalue weighted by molar-refractivity contribution is 6.33. The Morgan fingerprint density at radius 1 is 1.29 bits per heavy atom. The normalized spacial score (nSPS) is 19.1. The molecule has 0 saturated heterocycles. The van der Waals surface area contributed by atoms with Gasteiger partial charge in [0.1, 0.15) is 5.82 Å². The van der Waals surface area contributed by atoms with Gasteiger partial charge in [0.15, 0.2) is 5.82 Å². The predicted octanol–water partition coefficient (Wildman–Crippen LogP) is 3.18. The number of hydrogen-bond donors (Lipinski definition) is 0. The first-order chi connectivity index (χ1) is 8.25. The maximum absolute atomic E-state index is 6.21. The maximum atomic E-state index is 6.21. The quantitative estimate of drug-likeness (QED) is 0.775. The minimum atomic E-state index is 0.680. The van der Waals surface area contributed by atoms with Crippen LogP contribution in [0.4, 0.5) is 0 Å². The minimum Gasteiger partial charge on any atom is -0.311 e. The monoisotopic (exact) mass is 247 g/mol. The third-order valence-electron chi connectivity index (χ3n) is 3.30. The maximum Gasteiger partial charge on any atom is 0.165 e. The van der Waals surface area contributed by atoms with Gasteiger partial charge in [-0.05, 0) is 24.5 Å². The first kappa shape index (κ1) is 10.8. The summed E-state index contributed by atoms with van der Waals surface area (Å²) in [5, 5.41) is 9.29. The van der Waals surface area contributed by atoms with Crippen LogP contribution in [0.3, 0.4) is 0 Å². The number of hydrogen-bond acceptors (Lipinski definition) is 2. The molecule has 4 heteroatoms. The van der Waals surface area contributed by atoms with Crippen molar-refractivity contribution in [1.29, 1.82) is 0 Å². The fourth-order valence-electron chi connectivity index (χ4n) is 2.33. The van der Waals surface area contributed by atoms with E-state index in [1.165, 1.54) is 6.42 Å². The van der Waals surface area contributed by atoms with Crippen LogP contribution in [0.1, 0.15) is 19.2 Å². The summed E-state index contributed by atoms with van der Waals surface area (Å²) in [6.07, 6.45) is 2.21. The number of aromatic nitrogens is 3. The molecular weight excluding hydrogens is 234 g/mol. The summed E-state index contributed by atoms with van der Waals surface area (Å²) in [6, 6.07) is 7.81. The van der Waals surface area contributed by atoms with Crippen molar-refractivity contribution in [2.75, 3.05) is 0 Å². The molecule has 0 N–H and O–H groups in total. The van der Waals surface area contributed by atoms with Crippen LogP contribution in [0.5, 0.6) is 0 Å². The molecule has 0 bridgehead atoms. The first-order valence-corrected chi connectivity index (χ1v) is 6.30. The average Bonchev–Trinajstić information content (AvgIpc) is 2.72. The minimum absolute atomic E-state index is 0.680. The Labute approximate surface area is 105 Å². The highest BCUT2D eigenvalue weighted by atomic mass is 35.5. The van der Waals surface area contributed by atoms with E-state index in [0.29, 0.717) is 5.92 Å². The molecule has 3 rings (SSSR count). The van der Waals surface area contributed by atoms with Gasteiger partial charge in [-0.15, -0.1) is 10.2 Å². The van der Waals surface area contributed by atoms with E-state index in [-0.39, 0.29) is 0 Å². The zero-order valence-electron chi connectivity index (χ0n) is 9.73. The Kier molecular flexibility index (Phi) is 2.63. The fourth-order valence-corrected chi connectivity index (χ4v) is 2.55. The topological polar surface area (TPSA) is 30.7 Å². The lowest BCUT2D eigenvalue weighted by atomic mass is 10.0. The summed E-state index contributed by atoms with van der Waals surface area (Å²) < 4.78 is 2.20. The standard InChI is InChI=1S/C13H14ClN3/c1-9-6-7-12-15-16-13(17(12)8-9)10-4-2-3-5-11(10)14/h2-5,9H,6-8H2,1H3. The van der Waals surface area contributed by atoms with Crippen molar-refractivity contribution in [3.05, 3.63) is 35.1 Å². The van der Waals surface area contributed by atoms with Crippen molar-refractivity contribution in [1.82, 2.24) is 14.8 Å². The molecule has 17 heavy (non-hydrogen) atoms. The van der Waals surface area contributed by atoms with Gasteiger partial charge < -0.3 is 4.57 Å². The van der Waals surface area contributed by atoms with E-state index in [0.717, 1.165) is 35.2 Å². The molecule has 3 nitrogen and oxygen atoms in total. The van der Waals surface area contributed by atoms with Crippen LogP contribution in [-0.2, 0) is 13.0 Å². The molecule has 2 aromatic rings. The molecule has 1 aliphatic rings. The first-order valence-electron chi connectivity index (χ1n) is 5.92. The molecule has 1 aliphatic heterocycles. The van der Waals surface area contributed by atoms with Crippen LogP contribution in [0, 0.1) is 5.92 Å². The van der Waals surface area contributed by atoms with Crippen LogP contribution in [0.15, 0.2) is 24.3 Å². The van der Waals surface area contributed by atoms with Crippen LogP contribution < -0.4 is 0 Å². The number of aryl methyl sites for hydroxylation is 1. The predicted molar refractivity (Wildman–Crippen MR) is 68.0 cm³/mol. The Balaban J connectivity index is 2.11. The van der Waals surface area contributed by atoms with Gasteiger partial charge in [-0.25, -0.2) is 0 Å². The second-order valence-electron chi connectivity index (χ2n) is 4.67. The molecule has 1 aromatic carbocycles. The number of fused-ring (bicyclic) bond motifs is 1. The zero-order valence-corrected chi connectivity index (χ0v) is 10.5. The second kappa shape index (κ2) is 4.15. The van der Waals surface area contributed by atoms with E-state index in [2.05, 4.69) is 21.7 Å². The number of rotatable bonds is 1. The average molecular weight is 248 g/mol. The van der Waals surface area contributed by atoms with E-state index in [9.17, 15) is 0 Å². The van der Waals surface area contributed by atoms with Crippen molar-refractivity contribution in [3.8, 4) is 11.4 Å². The molecule has 1 unspecified atom stereocenters. The van der Waals surface area contributed by atoms with Crippen LogP contribution in [-0.4, -0.2) is 14.8 Å². The molecule has 88 valence electrons. The number of halogens is 1. The number of nitrogens with zero attached hydrogens (tertiary/aromatic N) is 3.